The Balaban J connectivity index is 1.78. The largest absolute Gasteiger partial charge is 0.360 e. The van der Waals surface area contributed by atoms with Crippen LogP contribution in [0.1, 0.15) is 5.56 Å². The minimum Gasteiger partial charge on any atom is -0.360 e. The lowest BCUT2D eigenvalue weighted by molar-refractivity contribution is -0.384. The second-order valence-electron chi connectivity index (χ2n) is 4.45. The van der Waals surface area contributed by atoms with Crippen LogP contribution in [0.15, 0.2) is 55.1 Å². The van der Waals surface area contributed by atoms with E-state index in [1.807, 2.05) is 18.2 Å². The Morgan fingerprint density at radius 3 is 2.86 bits per heavy atom. The summed E-state index contributed by atoms with van der Waals surface area (Å²) in [6.07, 6.45) is 6.64. The average molecular weight is 296 g/mol. The Labute approximate surface area is 125 Å². The van der Waals surface area contributed by atoms with Gasteiger partial charge in [-0.15, -0.1) is 0 Å². The van der Waals surface area contributed by atoms with E-state index in [0.29, 0.717) is 12.4 Å². The van der Waals surface area contributed by atoms with Gasteiger partial charge in [0.05, 0.1) is 4.92 Å². The number of pyridine rings is 2. The first-order valence-electron chi connectivity index (χ1n) is 6.52. The predicted octanol–water partition coefficient (Wildman–Crippen LogP) is 2.18. The third-order valence-corrected chi connectivity index (χ3v) is 2.99. The van der Waals surface area contributed by atoms with E-state index in [4.69, 9.17) is 0 Å². The first-order valence-corrected chi connectivity index (χ1v) is 6.52. The highest BCUT2D eigenvalue weighted by Crippen LogP contribution is 2.21. The van der Waals surface area contributed by atoms with Gasteiger partial charge in [-0.2, -0.15) is 5.10 Å². The van der Waals surface area contributed by atoms with Crippen LogP contribution < -0.4 is 5.32 Å². The van der Waals surface area contributed by atoms with Gasteiger partial charge < -0.3 is 5.32 Å². The summed E-state index contributed by atoms with van der Waals surface area (Å²) < 4.78 is 1.65. The maximum absolute atomic E-state index is 10.9. The smallest absolute Gasteiger partial charge is 0.311 e. The van der Waals surface area contributed by atoms with Crippen LogP contribution in [0.5, 0.6) is 0 Å². The van der Waals surface area contributed by atoms with E-state index in [1.165, 1.54) is 18.3 Å². The van der Waals surface area contributed by atoms with Crippen molar-refractivity contribution in [3.05, 3.63) is 70.8 Å². The van der Waals surface area contributed by atoms with Crippen molar-refractivity contribution in [1.82, 2.24) is 19.7 Å². The Morgan fingerprint density at radius 1 is 1.18 bits per heavy atom. The van der Waals surface area contributed by atoms with Crippen LogP contribution in [-0.2, 0) is 6.54 Å². The van der Waals surface area contributed by atoms with E-state index in [-0.39, 0.29) is 11.5 Å². The van der Waals surface area contributed by atoms with Gasteiger partial charge in [0.15, 0.2) is 5.82 Å². The van der Waals surface area contributed by atoms with E-state index in [1.54, 1.807) is 23.3 Å². The Bertz CT molecular complexity index is 788. The van der Waals surface area contributed by atoms with Crippen molar-refractivity contribution in [3.63, 3.8) is 0 Å². The Hall–Kier alpha value is -3.29. The fourth-order valence-corrected chi connectivity index (χ4v) is 1.97. The molecular weight excluding hydrogens is 284 g/mol. The molecule has 8 heteroatoms. The normalized spacial score (nSPS) is 10.4. The van der Waals surface area contributed by atoms with E-state index in [9.17, 15) is 10.1 Å². The van der Waals surface area contributed by atoms with Gasteiger partial charge in [0.2, 0.25) is 5.82 Å². The number of anilines is 1. The van der Waals surface area contributed by atoms with Crippen molar-refractivity contribution in [2.45, 2.75) is 6.54 Å². The fourth-order valence-electron chi connectivity index (χ4n) is 1.97. The van der Waals surface area contributed by atoms with Gasteiger partial charge in [0.1, 0.15) is 0 Å². The minimum atomic E-state index is -0.461. The zero-order valence-corrected chi connectivity index (χ0v) is 11.5. The lowest BCUT2D eigenvalue weighted by Gasteiger charge is -2.07. The molecule has 0 aromatic carbocycles. The molecule has 3 rings (SSSR count). The number of nitro groups is 1. The first kappa shape index (κ1) is 13.7. The van der Waals surface area contributed by atoms with Crippen molar-refractivity contribution >= 4 is 11.5 Å². The van der Waals surface area contributed by atoms with Crippen LogP contribution >= 0.6 is 0 Å². The molecule has 0 aliphatic heterocycles. The molecule has 0 aliphatic carbocycles. The molecule has 0 aliphatic rings. The van der Waals surface area contributed by atoms with Crippen LogP contribution in [0, 0.1) is 10.1 Å². The summed E-state index contributed by atoms with van der Waals surface area (Å²) in [4.78, 5) is 18.7. The lowest BCUT2D eigenvalue weighted by Crippen LogP contribution is -2.06. The molecular formula is C14H12N6O2. The maximum atomic E-state index is 10.9. The Kier molecular flexibility index (Phi) is 3.73. The third kappa shape index (κ3) is 2.90. The summed E-state index contributed by atoms with van der Waals surface area (Å²) in [5, 5.41) is 18.0. The number of nitrogens with one attached hydrogen (secondary N) is 1. The molecule has 1 N–H and O–H groups in total. The SMILES string of the molecule is O=[N+]([O-])c1cccnc1NCc1ccnc(-n2cccn2)c1. The van der Waals surface area contributed by atoms with Gasteiger partial charge in [-0.05, 0) is 29.8 Å². The van der Waals surface area contributed by atoms with E-state index >= 15 is 0 Å². The standard InChI is InChI=1S/C14H12N6O2/c21-20(22)12-3-1-5-16-14(12)17-10-11-4-7-15-13(9-11)19-8-2-6-18-19/h1-9H,10H2,(H,16,17). The average Bonchev–Trinajstić information content (AvgIpc) is 3.08. The zero-order valence-electron chi connectivity index (χ0n) is 11.5. The number of nitrogens with zero attached hydrogens (tertiary/aromatic N) is 5. The molecule has 0 bridgehead atoms. The predicted molar refractivity (Wildman–Crippen MR) is 79.6 cm³/mol. The molecule has 8 nitrogen and oxygen atoms in total. The van der Waals surface area contributed by atoms with Gasteiger partial charge in [0.25, 0.3) is 0 Å². The number of hydrogen-bond donors (Lipinski definition) is 1. The molecule has 110 valence electrons. The van der Waals surface area contributed by atoms with E-state index in [2.05, 4.69) is 20.4 Å². The molecule has 3 aromatic rings. The highest BCUT2D eigenvalue weighted by molar-refractivity contribution is 5.55. The lowest BCUT2D eigenvalue weighted by atomic mass is 10.2. The summed E-state index contributed by atoms with van der Waals surface area (Å²) in [6.45, 7) is 0.397. The van der Waals surface area contributed by atoms with Gasteiger partial charge in [-0.25, -0.2) is 14.6 Å². The number of aromatic nitrogens is 4. The van der Waals surface area contributed by atoms with Crippen molar-refractivity contribution in [3.8, 4) is 5.82 Å². The van der Waals surface area contributed by atoms with Gasteiger partial charge >= 0.3 is 5.69 Å². The second kappa shape index (κ2) is 6.00. The molecule has 0 fully saturated rings. The monoisotopic (exact) mass is 296 g/mol. The van der Waals surface area contributed by atoms with Crippen LogP contribution in [-0.4, -0.2) is 24.7 Å². The van der Waals surface area contributed by atoms with Crippen LogP contribution in [0.4, 0.5) is 11.5 Å². The van der Waals surface area contributed by atoms with Crippen LogP contribution in [0.2, 0.25) is 0 Å². The van der Waals surface area contributed by atoms with Gasteiger partial charge in [-0.1, -0.05) is 0 Å². The molecule has 0 atom stereocenters. The van der Waals surface area contributed by atoms with Gasteiger partial charge in [0, 0.05) is 37.4 Å². The Morgan fingerprint density at radius 2 is 2.09 bits per heavy atom. The summed E-state index contributed by atoms with van der Waals surface area (Å²) in [7, 11) is 0. The van der Waals surface area contributed by atoms with E-state index in [0.717, 1.165) is 5.56 Å². The second-order valence-corrected chi connectivity index (χ2v) is 4.45. The van der Waals surface area contributed by atoms with Crippen molar-refractivity contribution in [2.75, 3.05) is 5.32 Å². The summed E-state index contributed by atoms with van der Waals surface area (Å²) in [6, 6.07) is 8.44. The summed E-state index contributed by atoms with van der Waals surface area (Å²) >= 11 is 0. The molecule has 0 saturated heterocycles. The fraction of sp³-hybridized carbons (Fsp3) is 0.0714. The van der Waals surface area contributed by atoms with Crippen molar-refractivity contribution in [2.24, 2.45) is 0 Å². The molecule has 3 aromatic heterocycles. The maximum Gasteiger partial charge on any atom is 0.311 e. The van der Waals surface area contributed by atoms with Crippen LogP contribution in [0.25, 0.3) is 5.82 Å². The zero-order chi connectivity index (χ0) is 15.4. The highest BCUT2D eigenvalue weighted by Gasteiger charge is 2.13. The van der Waals surface area contributed by atoms with Crippen molar-refractivity contribution < 1.29 is 4.92 Å². The minimum absolute atomic E-state index is 0.0520. The summed E-state index contributed by atoms with van der Waals surface area (Å²) in [5.74, 6) is 0.921. The third-order valence-electron chi connectivity index (χ3n) is 2.99. The molecule has 0 radical (unpaired) electrons. The van der Waals surface area contributed by atoms with Crippen LogP contribution in [0.3, 0.4) is 0 Å². The molecule has 3 heterocycles. The van der Waals surface area contributed by atoms with E-state index < -0.39 is 4.92 Å². The topological polar surface area (TPSA) is 98.8 Å². The first-order chi connectivity index (χ1) is 10.7. The highest BCUT2D eigenvalue weighted by atomic mass is 16.6. The summed E-state index contributed by atoms with van der Waals surface area (Å²) in [5.41, 5.74) is 0.865. The molecule has 0 amide bonds. The molecule has 22 heavy (non-hydrogen) atoms. The number of rotatable bonds is 5. The quantitative estimate of drug-likeness (QED) is 0.572. The van der Waals surface area contributed by atoms with Gasteiger partial charge in [-0.3, -0.25) is 10.1 Å². The molecule has 0 spiro atoms. The molecule has 0 saturated carbocycles. The number of hydrogen-bond acceptors (Lipinski definition) is 6. The molecule has 0 unspecified atom stereocenters. The van der Waals surface area contributed by atoms with Crippen molar-refractivity contribution in [1.29, 1.82) is 0 Å².